The smallest absolute Gasteiger partial charge is 0.407 e. The van der Waals surface area contributed by atoms with Crippen LogP contribution in [0.25, 0.3) is 10.9 Å². The van der Waals surface area contributed by atoms with Gasteiger partial charge < -0.3 is 20.4 Å². The lowest BCUT2D eigenvalue weighted by molar-refractivity contribution is -0.118. The van der Waals surface area contributed by atoms with Crippen molar-refractivity contribution in [3.05, 3.63) is 65.4 Å². The van der Waals surface area contributed by atoms with E-state index in [0.717, 1.165) is 27.6 Å². The second-order valence-electron chi connectivity index (χ2n) is 8.12. The quantitative estimate of drug-likeness (QED) is 0.530. The minimum atomic E-state index is -0.773. The molecule has 3 N–H and O–H groups in total. The molecule has 0 radical (unpaired) electrons. The number of anilines is 1. The molecule has 3 aromatic rings. The number of nitrogens with one attached hydrogen (secondary N) is 3. The van der Waals surface area contributed by atoms with Crippen LogP contribution < -0.4 is 10.6 Å². The van der Waals surface area contributed by atoms with Gasteiger partial charge in [0, 0.05) is 29.2 Å². The fourth-order valence-corrected chi connectivity index (χ4v) is 3.43. The average Bonchev–Trinajstić information content (AvgIpc) is 3.08. The molecule has 1 aromatic heterocycles. The van der Waals surface area contributed by atoms with Crippen LogP contribution in [0, 0.1) is 19.8 Å². The van der Waals surface area contributed by atoms with Gasteiger partial charge in [-0.25, -0.2) is 4.79 Å². The van der Waals surface area contributed by atoms with Gasteiger partial charge in [-0.05, 0) is 54.7 Å². The number of carbonyl (C=O) groups excluding carboxylic acids is 2. The predicted octanol–water partition coefficient (Wildman–Crippen LogP) is 4.72. The number of hydrogen-bond donors (Lipinski definition) is 3. The molecule has 0 saturated carbocycles. The van der Waals surface area contributed by atoms with E-state index in [-0.39, 0.29) is 11.8 Å². The second kappa shape index (κ2) is 9.48. The Kier molecular flexibility index (Phi) is 6.77. The van der Waals surface area contributed by atoms with Crippen LogP contribution >= 0.6 is 0 Å². The summed E-state index contributed by atoms with van der Waals surface area (Å²) >= 11 is 0. The molecule has 1 atom stereocenters. The second-order valence-corrected chi connectivity index (χ2v) is 8.12. The first kappa shape index (κ1) is 21.4. The van der Waals surface area contributed by atoms with Crippen LogP contribution in [0.1, 0.15) is 30.5 Å². The number of benzene rings is 2. The van der Waals surface area contributed by atoms with E-state index in [1.807, 2.05) is 76.4 Å². The van der Waals surface area contributed by atoms with Crippen molar-refractivity contribution >= 4 is 28.6 Å². The Balaban J connectivity index is 1.80. The zero-order valence-corrected chi connectivity index (χ0v) is 17.9. The molecule has 6 nitrogen and oxygen atoms in total. The molecule has 0 aliphatic carbocycles. The summed E-state index contributed by atoms with van der Waals surface area (Å²) in [5, 5.41) is 6.70. The molecule has 0 saturated heterocycles. The van der Waals surface area contributed by atoms with Crippen molar-refractivity contribution in [2.45, 2.75) is 40.2 Å². The highest BCUT2D eigenvalue weighted by molar-refractivity contribution is 5.97. The SMILES string of the molecule is Cc1cc(C)cc(NC(=O)C(Cc2c[nH]c3ccccc23)NC(=O)OCC(C)C)c1. The maximum atomic E-state index is 13.1. The number of alkyl carbamates (subject to hydrolysis) is 1. The van der Waals surface area contributed by atoms with Gasteiger partial charge in [0.1, 0.15) is 6.04 Å². The molecule has 6 heteroatoms. The Hall–Kier alpha value is -3.28. The minimum Gasteiger partial charge on any atom is -0.449 e. The van der Waals surface area contributed by atoms with Crippen molar-refractivity contribution in [1.29, 1.82) is 0 Å². The first-order valence-corrected chi connectivity index (χ1v) is 10.2. The molecule has 2 amide bonds. The van der Waals surface area contributed by atoms with E-state index in [0.29, 0.717) is 18.7 Å². The Morgan fingerprint density at radius 1 is 1.07 bits per heavy atom. The first-order valence-electron chi connectivity index (χ1n) is 10.2. The monoisotopic (exact) mass is 407 g/mol. The first-order chi connectivity index (χ1) is 14.3. The summed E-state index contributed by atoms with van der Waals surface area (Å²) < 4.78 is 5.24. The Morgan fingerprint density at radius 3 is 2.47 bits per heavy atom. The number of aromatic nitrogens is 1. The van der Waals surface area contributed by atoms with E-state index < -0.39 is 12.1 Å². The number of para-hydroxylation sites is 1. The van der Waals surface area contributed by atoms with E-state index in [4.69, 9.17) is 4.74 Å². The van der Waals surface area contributed by atoms with Crippen LogP contribution in [-0.2, 0) is 16.0 Å². The number of aromatic amines is 1. The van der Waals surface area contributed by atoms with Crippen molar-refractivity contribution < 1.29 is 14.3 Å². The normalized spacial score (nSPS) is 12.0. The fraction of sp³-hybridized carbons (Fsp3) is 0.333. The number of rotatable bonds is 7. The van der Waals surface area contributed by atoms with Crippen LogP contribution in [0.5, 0.6) is 0 Å². The lowest BCUT2D eigenvalue weighted by Gasteiger charge is -2.19. The van der Waals surface area contributed by atoms with Crippen LogP contribution in [0.2, 0.25) is 0 Å². The van der Waals surface area contributed by atoms with Gasteiger partial charge in [0.25, 0.3) is 0 Å². The lowest BCUT2D eigenvalue weighted by Crippen LogP contribution is -2.45. The highest BCUT2D eigenvalue weighted by atomic mass is 16.5. The van der Waals surface area contributed by atoms with Crippen LogP contribution in [0.15, 0.2) is 48.7 Å². The van der Waals surface area contributed by atoms with E-state index in [1.165, 1.54) is 0 Å². The van der Waals surface area contributed by atoms with Crippen molar-refractivity contribution in [1.82, 2.24) is 10.3 Å². The number of ether oxygens (including phenoxy) is 1. The van der Waals surface area contributed by atoms with Gasteiger partial charge in [-0.2, -0.15) is 0 Å². The summed E-state index contributed by atoms with van der Waals surface area (Å²) in [4.78, 5) is 28.6. The number of aryl methyl sites for hydroxylation is 2. The third kappa shape index (κ3) is 5.63. The van der Waals surface area contributed by atoms with Crippen LogP contribution in [-0.4, -0.2) is 29.6 Å². The van der Waals surface area contributed by atoms with Crippen molar-refractivity contribution in [3.63, 3.8) is 0 Å². The molecule has 2 aromatic carbocycles. The number of carbonyl (C=O) groups is 2. The van der Waals surface area contributed by atoms with Crippen LogP contribution in [0.4, 0.5) is 10.5 Å². The summed E-state index contributed by atoms with van der Waals surface area (Å²) in [5.41, 5.74) is 4.77. The van der Waals surface area contributed by atoms with Crippen molar-refractivity contribution in [3.8, 4) is 0 Å². The largest absolute Gasteiger partial charge is 0.449 e. The Bertz CT molecular complexity index is 1020. The van der Waals surface area contributed by atoms with Gasteiger partial charge in [0.15, 0.2) is 0 Å². The number of amides is 2. The molecule has 0 spiro atoms. The maximum Gasteiger partial charge on any atom is 0.407 e. The molecular formula is C24H29N3O3. The van der Waals surface area contributed by atoms with Gasteiger partial charge in [-0.3, -0.25) is 4.79 Å². The van der Waals surface area contributed by atoms with Gasteiger partial charge >= 0.3 is 6.09 Å². The predicted molar refractivity (Wildman–Crippen MR) is 120 cm³/mol. The molecule has 1 heterocycles. The molecule has 0 aliphatic rings. The maximum absolute atomic E-state index is 13.1. The van der Waals surface area contributed by atoms with E-state index in [2.05, 4.69) is 15.6 Å². The molecular weight excluding hydrogens is 378 g/mol. The summed E-state index contributed by atoms with van der Waals surface area (Å²) in [5.74, 6) is -0.0707. The molecule has 158 valence electrons. The third-order valence-electron chi connectivity index (χ3n) is 4.74. The highest BCUT2D eigenvalue weighted by Gasteiger charge is 2.24. The van der Waals surface area contributed by atoms with Crippen molar-refractivity contribution in [2.24, 2.45) is 5.92 Å². The molecule has 30 heavy (non-hydrogen) atoms. The molecule has 1 unspecified atom stereocenters. The molecule has 0 bridgehead atoms. The number of H-pyrrole nitrogens is 1. The summed E-state index contributed by atoms with van der Waals surface area (Å²) in [6.07, 6.45) is 1.63. The molecule has 0 aliphatic heterocycles. The van der Waals surface area contributed by atoms with Crippen LogP contribution in [0.3, 0.4) is 0 Å². The Morgan fingerprint density at radius 2 is 1.77 bits per heavy atom. The van der Waals surface area contributed by atoms with Crippen molar-refractivity contribution in [2.75, 3.05) is 11.9 Å². The highest BCUT2D eigenvalue weighted by Crippen LogP contribution is 2.20. The average molecular weight is 408 g/mol. The third-order valence-corrected chi connectivity index (χ3v) is 4.74. The van der Waals surface area contributed by atoms with E-state index in [1.54, 1.807) is 0 Å². The minimum absolute atomic E-state index is 0.215. The van der Waals surface area contributed by atoms with E-state index in [9.17, 15) is 9.59 Å². The summed E-state index contributed by atoms with van der Waals surface area (Å²) in [6, 6.07) is 13.0. The topological polar surface area (TPSA) is 83.2 Å². The summed E-state index contributed by atoms with van der Waals surface area (Å²) in [7, 11) is 0. The standard InChI is InChI=1S/C24H29N3O3/c1-15(2)14-30-24(29)27-22(12-18-13-25-21-8-6-5-7-20(18)21)23(28)26-19-10-16(3)9-17(4)11-19/h5-11,13,15,22,25H,12,14H2,1-4H3,(H,26,28)(H,27,29). The Labute approximate surface area is 177 Å². The molecule has 0 fully saturated rings. The fourth-order valence-electron chi connectivity index (χ4n) is 3.43. The number of fused-ring (bicyclic) bond motifs is 1. The molecule has 3 rings (SSSR count). The zero-order valence-electron chi connectivity index (χ0n) is 17.9. The van der Waals surface area contributed by atoms with Gasteiger partial charge in [-0.15, -0.1) is 0 Å². The zero-order chi connectivity index (χ0) is 21.7. The number of hydrogen-bond acceptors (Lipinski definition) is 3. The van der Waals surface area contributed by atoms with E-state index >= 15 is 0 Å². The van der Waals surface area contributed by atoms with Gasteiger partial charge in [0.2, 0.25) is 5.91 Å². The lowest BCUT2D eigenvalue weighted by atomic mass is 10.0. The summed E-state index contributed by atoms with van der Waals surface area (Å²) in [6.45, 7) is 8.18. The van der Waals surface area contributed by atoms with Gasteiger partial charge in [0.05, 0.1) is 6.61 Å². The van der Waals surface area contributed by atoms with Gasteiger partial charge in [-0.1, -0.05) is 38.1 Å².